The van der Waals surface area contributed by atoms with Crippen LogP contribution in [0, 0.1) is 5.82 Å². The number of carbonyl (C=O) groups excluding carboxylic acids is 2. The summed E-state index contributed by atoms with van der Waals surface area (Å²) in [5.41, 5.74) is 2.75. The van der Waals surface area contributed by atoms with Gasteiger partial charge in [-0.05, 0) is 62.9 Å². The van der Waals surface area contributed by atoms with Gasteiger partial charge >= 0.3 is 0 Å². The number of nitrogens with zero attached hydrogens (tertiary/aromatic N) is 3. The molecule has 0 bridgehead atoms. The Balaban J connectivity index is 1.50. The number of benzene rings is 1. The second-order valence-electron chi connectivity index (χ2n) is 9.33. The Hall–Kier alpha value is -2.96. The molecule has 31 heavy (non-hydrogen) atoms. The van der Waals surface area contributed by atoms with E-state index in [0.29, 0.717) is 30.8 Å². The van der Waals surface area contributed by atoms with Crippen LogP contribution < -0.4 is 10.2 Å². The van der Waals surface area contributed by atoms with E-state index < -0.39 is 5.54 Å². The number of nitrogens with one attached hydrogen (secondary N) is 1. The fourth-order valence-electron chi connectivity index (χ4n) is 4.80. The third-order valence-electron chi connectivity index (χ3n) is 7.03. The molecule has 3 aliphatic rings. The predicted octanol–water partition coefficient (Wildman–Crippen LogP) is 3.32. The second-order valence-corrected chi connectivity index (χ2v) is 9.33. The number of rotatable bonds is 3. The van der Waals surface area contributed by atoms with Gasteiger partial charge in [0.2, 0.25) is 5.91 Å². The van der Waals surface area contributed by atoms with E-state index >= 15 is 0 Å². The molecule has 2 amide bonds. The Kier molecular flexibility index (Phi) is 4.36. The van der Waals surface area contributed by atoms with Crippen LogP contribution in [-0.4, -0.2) is 46.9 Å². The zero-order chi connectivity index (χ0) is 22.0. The van der Waals surface area contributed by atoms with Crippen LogP contribution in [0.5, 0.6) is 0 Å². The molecule has 1 N–H and O–H groups in total. The van der Waals surface area contributed by atoms with Crippen molar-refractivity contribution in [3.63, 3.8) is 0 Å². The van der Waals surface area contributed by atoms with E-state index in [4.69, 9.17) is 4.98 Å². The standard InChI is InChI=1S/C24H27FN4O2/c1-4-15-5-6-16(13-17(15)25)28-14-24(9-10-24)20-19(28)8-7-18(27-20)21(30)29-12-11-26-22(31)23(29,2)3/h5-8,13H,4,9-12,14H2,1-3H3,(H,26,31). The van der Waals surface area contributed by atoms with Gasteiger partial charge in [-0.2, -0.15) is 0 Å². The molecule has 3 heterocycles. The second kappa shape index (κ2) is 6.77. The molecular weight excluding hydrogens is 395 g/mol. The average molecular weight is 423 g/mol. The maximum Gasteiger partial charge on any atom is 0.273 e. The molecule has 1 spiro atoms. The number of aromatic nitrogens is 1. The van der Waals surface area contributed by atoms with Gasteiger partial charge in [0.15, 0.2) is 0 Å². The Bertz CT molecular complexity index is 1090. The fraction of sp³-hybridized carbons (Fsp3) is 0.458. The van der Waals surface area contributed by atoms with Crippen LogP contribution in [-0.2, 0) is 16.6 Å². The number of carbonyl (C=O) groups is 2. The van der Waals surface area contributed by atoms with Crippen molar-refractivity contribution in [2.24, 2.45) is 0 Å². The van der Waals surface area contributed by atoms with E-state index in [9.17, 15) is 14.0 Å². The largest absolute Gasteiger partial charge is 0.352 e. The van der Waals surface area contributed by atoms with E-state index in [2.05, 4.69) is 10.2 Å². The molecule has 1 aromatic carbocycles. The predicted molar refractivity (Wildman–Crippen MR) is 116 cm³/mol. The highest BCUT2D eigenvalue weighted by atomic mass is 19.1. The molecule has 0 atom stereocenters. The van der Waals surface area contributed by atoms with Crippen LogP contribution >= 0.6 is 0 Å². The minimum atomic E-state index is -0.919. The van der Waals surface area contributed by atoms with Gasteiger partial charge in [0, 0.05) is 30.7 Å². The van der Waals surface area contributed by atoms with E-state index in [1.807, 2.05) is 25.1 Å². The summed E-state index contributed by atoms with van der Waals surface area (Å²) >= 11 is 0. The summed E-state index contributed by atoms with van der Waals surface area (Å²) < 4.78 is 14.4. The highest BCUT2D eigenvalue weighted by molar-refractivity contribution is 5.99. The zero-order valence-electron chi connectivity index (χ0n) is 18.2. The zero-order valence-corrected chi connectivity index (χ0v) is 18.2. The molecule has 1 saturated heterocycles. The molecule has 7 heteroatoms. The van der Waals surface area contributed by atoms with Crippen LogP contribution in [0.3, 0.4) is 0 Å². The number of aryl methyl sites for hydroxylation is 1. The molecule has 2 aliphatic heterocycles. The van der Waals surface area contributed by atoms with Crippen LogP contribution in [0.2, 0.25) is 0 Å². The number of amides is 2. The van der Waals surface area contributed by atoms with Gasteiger partial charge in [-0.1, -0.05) is 13.0 Å². The molecule has 5 rings (SSSR count). The molecule has 0 radical (unpaired) electrons. The monoisotopic (exact) mass is 422 g/mol. The number of fused-ring (bicyclic) bond motifs is 2. The molecule has 2 aromatic rings. The van der Waals surface area contributed by atoms with Gasteiger partial charge in [0.1, 0.15) is 17.1 Å². The molecule has 2 fully saturated rings. The maximum absolute atomic E-state index is 14.4. The van der Waals surface area contributed by atoms with E-state index in [1.165, 1.54) is 0 Å². The van der Waals surface area contributed by atoms with E-state index in [-0.39, 0.29) is 23.0 Å². The van der Waals surface area contributed by atoms with Crippen LogP contribution in [0.25, 0.3) is 0 Å². The number of pyridine rings is 1. The first-order valence-corrected chi connectivity index (χ1v) is 10.9. The highest BCUT2D eigenvalue weighted by Gasteiger charge is 2.54. The van der Waals surface area contributed by atoms with Crippen molar-refractivity contribution in [3.8, 4) is 0 Å². The maximum atomic E-state index is 14.4. The molecular formula is C24H27FN4O2. The Morgan fingerprint density at radius 1 is 1.23 bits per heavy atom. The van der Waals surface area contributed by atoms with Gasteiger partial charge in [0.05, 0.1) is 11.4 Å². The normalized spacial score (nSPS) is 20.6. The van der Waals surface area contributed by atoms with Crippen LogP contribution in [0.1, 0.15) is 55.4 Å². The molecule has 162 valence electrons. The van der Waals surface area contributed by atoms with Crippen molar-refractivity contribution in [1.82, 2.24) is 15.2 Å². The van der Waals surface area contributed by atoms with Crippen LogP contribution in [0.4, 0.5) is 15.8 Å². The van der Waals surface area contributed by atoms with Crippen molar-refractivity contribution in [3.05, 3.63) is 53.1 Å². The summed E-state index contributed by atoms with van der Waals surface area (Å²) in [7, 11) is 0. The van der Waals surface area contributed by atoms with Gasteiger partial charge in [-0.15, -0.1) is 0 Å². The lowest BCUT2D eigenvalue weighted by Gasteiger charge is -2.41. The number of hydrogen-bond donors (Lipinski definition) is 1. The number of halogens is 1. The Morgan fingerprint density at radius 3 is 2.68 bits per heavy atom. The first kappa shape index (κ1) is 20.0. The Labute approximate surface area is 181 Å². The fourth-order valence-corrected chi connectivity index (χ4v) is 4.80. The molecule has 0 unspecified atom stereocenters. The SMILES string of the molecule is CCc1ccc(N2CC3(CC3)c3nc(C(=O)N4CCNC(=O)C4(C)C)ccc32)cc1F. The van der Waals surface area contributed by atoms with Crippen LogP contribution in [0.15, 0.2) is 30.3 Å². The number of anilines is 2. The van der Waals surface area contributed by atoms with Crippen molar-refractivity contribution in [2.45, 2.75) is 51.0 Å². The highest BCUT2D eigenvalue weighted by Crippen LogP contribution is 2.57. The van der Waals surface area contributed by atoms with Crippen molar-refractivity contribution < 1.29 is 14.0 Å². The molecule has 1 saturated carbocycles. The summed E-state index contributed by atoms with van der Waals surface area (Å²) in [6.45, 7) is 7.09. The van der Waals surface area contributed by atoms with Gasteiger partial charge < -0.3 is 15.1 Å². The summed E-state index contributed by atoms with van der Waals surface area (Å²) in [5.74, 6) is -0.574. The summed E-state index contributed by atoms with van der Waals surface area (Å²) in [6.07, 6.45) is 2.67. The first-order chi connectivity index (χ1) is 14.8. The third kappa shape index (κ3) is 3.01. The summed E-state index contributed by atoms with van der Waals surface area (Å²) in [6, 6.07) is 9.05. The van der Waals surface area contributed by atoms with Crippen molar-refractivity contribution in [2.75, 3.05) is 24.5 Å². The molecule has 6 nitrogen and oxygen atoms in total. The lowest BCUT2D eigenvalue weighted by molar-refractivity contribution is -0.133. The molecule has 1 aliphatic carbocycles. The number of piperazine rings is 1. The minimum absolute atomic E-state index is 0.0691. The quantitative estimate of drug-likeness (QED) is 0.824. The van der Waals surface area contributed by atoms with Gasteiger partial charge in [-0.25, -0.2) is 9.37 Å². The Morgan fingerprint density at radius 2 is 2.00 bits per heavy atom. The van der Waals surface area contributed by atoms with Crippen molar-refractivity contribution >= 4 is 23.2 Å². The smallest absolute Gasteiger partial charge is 0.273 e. The number of hydrogen-bond acceptors (Lipinski definition) is 4. The average Bonchev–Trinajstić information content (AvgIpc) is 3.46. The minimum Gasteiger partial charge on any atom is -0.352 e. The van der Waals surface area contributed by atoms with E-state index in [1.54, 1.807) is 30.9 Å². The third-order valence-corrected chi connectivity index (χ3v) is 7.03. The first-order valence-electron chi connectivity index (χ1n) is 10.9. The van der Waals surface area contributed by atoms with Gasteiger partial charge in [-0.3, -0.25) is 9.59 Å². The lowest BCUT2D eigenvalue weighted by Crippen LogP contribution is -2.63. The van der Waals surface area contributed by atoms with E-state index in [0.717, 1.165) is 36.5 Å². The lowest BCUT2D eigenvalue weighted by atomic mass is 9.98. The van der Waals surface area contributed by atoms with Crippen molar-refractivity contribution in [1.29, 1.82) is 0 Å². The topological polar surface area (TPSA) is 65.5 Å². The summed E-state index contributed by atoms with van der Waals surface area (Å²) in [4.78, 5) is 34.1. The van der Waals surface area contributed by atoms with Gasteiger partial charge in [0.25, 0.3) is 5.91 Å². The summed E-state index contributed by atoms with van der Waals surface area (Å²) in [5, 5.41) is 2.82. The molecule has 1 aromatic heterocycles.